The first-order valence-electron chi connectivity index (χ1n) is 14.6. The van der Waals surface area contributed by atoms with Crippen molar-refractivity contribution in [1.29, 1.82) is 0 Å². The van der Waals surface area contributed by atoms with Gasteiger partial charge in [-0.2, -0.15) is 0 Å². The van der Waals surface area contributed by atoms with E-state index in [1.165, 1.54) is 22.5 Å². The first-order valence-corrected chi connectivity index (χ1v) is 15.4. The predicted octanol–water partition coefficient (Wildman–Crippen LogP) is 7.38. The number of carbonyl (C=O) groups is 1. The number of hydrogen-bond acceptors (Lipinski definition) is 6. The molecular weight excluding hydrogens is 520 g/mol. The summed E-state index contributed by atoms with van der Waals surface area (Å²) in [6.45, 7) is 5.05. The lowest BCUT2D eigenvalue weighted by atomic mass is 9.72. The number of aryl methyl sites for hydroxylation is 1. The lowest BCUT2D eigenvalue weighted by molar-refractivity contribution is -0.140. The van der Waals surface area contributed by atoms with Crippen molar-refractivity contribution in [2.24, 2.45) is 11.8 Å². The second-order valence-corrected chi connectivity index (χ2v) is 12.7. The largest absolute Gasteiger partial charge is 0.496 e. The molecule has 0 aliphatic heterocycles. The molecule has 2 fully saturated rings. The predicted molar refractivity (Wildman–Crippen MR) is 161 cm³/mol. The van der Waals surface area contributed by atoms with Crippen molar-refractivity contribution in [3.63, 3.8) is 0 Å². The van der Waals surface area contributed by atoms with Gasteiger partial charge >= 0.3 is 0 Å². The van der Waals surface area contributed by atoms with Crippen molar-refractivity contribution in [1.82, 2.24) is 4.98 Å². The van der Waals surface area contributed by atoms with E-state index in [4.69, 9.17) is 9.47 Å². The summed E-state index contributed by atoms with van der Waals surface area (Å²) in [5.41, 5.74) is 3.10. The highest BCUT2D eigenvalue weighted by Crippen LogP contribution is 2.42. The number of aliphatic hydroxyl groups is 1. The van der Waals surface area contributed by atoms with Gasteiger partial charge in [0.25, 0.3) is 11.1 Å². The van der Waals surface area contributed by atoms with E-state index in [1.807, 2.05) is 29.3 Å². The van der Waals surface area contributed by atoms with Gasteiger partial charge in [0.15, 0.2) is 0 Å². The van der Waals surface area contributed by atoms with Crippen LogP contribution in [0.15, 0.2) is 48.7 Å². The molecule has 214 valence electrons. The average molecular weight is 563 g/mol. The molecule has 2 aliphatic rings. The molecule has 40 heavy (non-hydrogen) atoms. The van der Waals surface area contributed by atoms with Crippen LogP contribution in [0.5, 0.6) is 10.9 Å². The van der Waals surface area contributed by atoms with E-state index >= 15 is 0 Å². The number of benzene rings is 2. The standard InChI is InChI=1S/C33H42N2O4S/c1-22-17-24(25-13-14-29(38-3)23(2)18-25)11-12-27(22)21-35(31(36)33(37)15-6-5-7-16-33)28-10-8-9-26(19-28)30-20-34-32(39-4)40-30/h8-10,13-14,18-20,22,24,27,37H,5-7,11-12,15-17,21H2,1-4H3. The molecule has 6 nitrogen and oxygen atoms in total. The summed E-state index contributed by atoms with van der Waals surface area (Å²) >= 11 is 1.49. The summed E-state index contributed by atoms with van der Waals surface area (Å²) in [7, 11) is 3.34. The Bertz CT molecular complexity index is 1320. The fourth-order valence-electron chi connectivity index (χ4n) is 6.64. The first kappa shape index (κ1) is 28.6. The minimum Gasteiger partial charge on any atom is -0.496 e. The Hall–Kier alpha value is -2.90. The van der Waals surface area contributed by atoms with Crippen LogP contribution < -0.4 is 14.4 Å². The summed E-state index contributed by atoms with van der Waals surface area (Å²) < 4.78 is 10.8. The van der Waals surface area contributed by atoms with Gasteiger partial charge in [0.2, 0.25) is 0 Å². The molecule has 7 heteroatoms. The number of methoxy groups -OCH3 is 2. The van der Waals surface area contributed by atoms with Gasteiger partial charge in [-0.25, -0.2) is 4.98 Å². The van der Waals surface area contributed by atoms with Crippen molar-refractivity contribution in [3.8, 4) is 21.4 Å². The van der Waals surface area contributed by atoms with Crippen LogP contribution in [0.3, 0.4) is 0 Å². The van der Waals surface area contributed by atoms with Crippen molar-refractivity contribution in [2.45, 2.75) is 76.7 Å². The van der Waals surface area contributed by atoms with Gasteiger partial charge in [0.05, 0.1) is 19.1 Å². The second-order valence-electron chi connectivity index (χ2n) is 11.7. The molecule has 0 bridgehead atoms. The molecule has 5 rings (SSSR count). The number of nitrogens with zero attached hydrogens (tertiary/aromatic N) is 2. The highest BCUT2D eigenvalue weighted by atomic mass is 32.1. The number of anilines is 1. The van der Waals surface area contributed by atoms with E-state index in [9.17, 15) is 9.90 Å². The zero-order valence-electron chi connectivity index (χ0n) is 24.2. The molecule has 2 aliphatic carbocycles. The first-order chi connectivity index (χ1) is 19.3. The second kappa shape index (κ2) is 12.3. The number of hydrogen-bond donors (Lipinski definition) is 1. The minimum absolute atomic E-state index is 0.147. The number of ether oxygens (including phenoxy) is 2. The van der Waals surface area contributed by atoms with E-state index in [0.717, 1.165) is 60.4 Å². The summed E-state index contributed by atoms with van der Waals surface area (Å²) in [5.74, 6) is 2.10. The molecule has 1 amide bonds. The molecule has 1 heterocycles. The fourth-order valence-corrected chi connectivity index (χ4v) is 7.37. The number of thiazole rings is 1. The van der Waals surface area contributed by atoms with Gasteiger partial charge in [-0.05, 0) is 91.7 Å². The molecule has 1 N–H and O–H groups in total. The van der Waals surface area contributed by atoms with Crippen LogP contribution in [-0.4, -0.2) is 42.4 Å². The van der Waals surface area contributed by atoms with E-state index in [-0.39, 0.29) is 5.91 Å². The van der Waals surface area contributed by atoms with Crippen molar-refractivity contribution in [2.75, 3.05) is 25.7 Å². The molecule has 0 spiro atoms. The third-order valence-electron chi connectivity index (χ3n) is 9.08. The number of amides is 1. The highest BCUT2D eigenvalue weighted by molar-refractivity contribution is 7.16. The SMILES string of the molecule is COc1ncc(-c2cccc(N(CC3CCC(c4ccc(OC)c(C)c4)CC3C)C(=O)C3(O)CCCCC3)c2)s1. The topological polar surface area (TPSA) is 71.9 Å². The maximum atomic E-state index is 14.1. The maximum Gasteiger partial charge on any atom is 0.273 e. The Labute approximate surface area is 242 Å². The Balaban J connectivity index is 1.39. The van der Waals surface area contributed by atoms with E-state index in [0.29, 0.717) is 42.3 Å². The van der Waals surface area contributed by atoms with Gasteiger partial charge in [0.1, 0.15) is 11.4 Å². The van der Waals surface area contributed by atoms with Crippen LogP contribution in [0.25, 0.3) is 10.4 Å². The quantitative estimate of drug-likeness (QED) is 0.310. The monoisotopic (exact) mass is 562 g/mol. The average Bonchev–Trinajstić information content (AvgIpc) is 3.46. The fraction of sp³-hybridized carbons (Fsp3) is 0.515. The Morgan fingerprint density at radius 1 is 1.10 bits per heavy atom. The van der Waals surface area contributed by atoms with E-state index < -0.39 is 5.60 Å². The van der Waals surface area contributed by atoms with Gasteiger partial charge < -0.3 is 19.5 Å². The molecule has 3 atom stereocenters. The summed E-state index contributed by atoms with van der Waals surface area (Å²) in [6.07, 6.45) is 8.96. The lowest BCUT2D eigenvalue weighted by Gasteiger charge is -2.41. The molecule has 1 aromatic heterocycles. The molecule has 3 unspecified atom stereocenters. The van der Waals surface area contributed by atoms with E-state index in [2.05, 4.69) is 43.1 Å². The number of aromatic nitrogens is 1. The minimum atomic E-state index is -1.29. The van der Waals surface area contributed by atoms with Gasteiger partial charge in [-0.3, -0.25) is 4.79 Å². The maximum absolute atomic E-state index is 14.1. The lowest BCUT2D eigenvalue weighted by Crippen LogP contribution is -2.52. The van der Waals surface area contributed by atoms with Crippen molar-refractivity contribution in [3.05, 3.63) is 59.8 Å². The third-order valence-corrected chi connectivity index (χ3v) is 10.1. The zero-order chi connectivity index (χ0) is 28.3. The van der Waals surface area contributed by atoms with E-state index in [1.54, 1.807) is 14.2 Å². The van der Waals surface area contributed by atoms with Crippen LogP contribution in [-0.2, 0) is 4.79 Å². The normalized spacial score (nSPS) is 22.5. The van der Waals surface area contributed by atoms with Crippen LogP contribution in [0, 0.1) is 18.8 Å². The molecule has 0 saturated heterocycles. The van der Waals surface area contributed by atoms with Crippen molar-refractivity contribution < 1.29 is 19.4 Å². The third kappa shape index (κ3) is 6.06. The summed E-state index contributed by atoms with van der Waals surface area (Å²) in [5, 5.41) is 12.1. The zero-order valence-corrected chi connectivity index (χ0v) is 25.0. The number of carbonyl (C=O) groups excluding carboxylic acids is 1. The van der Waals surface area contributed by atoms with Crippen LogP contribution in [0.2, 0.25) is 0 Å². The van der Waals surface area contributed by atoms with Gasteiger partial charge in [0, 0.05) is 18.4 Å². The molecule has 0 radical (unpaired) electrons. The summed E-state index contributed by atoms with van der Waals surface area (Å²) in [6, 6.07) is 14.7. The van der Waals surface area contributed by atoms with Crippen LogP contribution in [0.1, 0.15) is 75.3 Å². The summed E-state index contributed by atoms with van der Waals surface area (Å²) in [4.78, 5) is 21.3. The highest BCUT2D eigenvalue weighted by Gasteiger charge is 2.42. The molecule has 2 saturated carbocycles. The molecule has 3 aromatic rings. The van der Waals surface area contributed by atoms with Crippen molar-refractivity contribution >= 4 is 22.9 Å². The van der Waals surface area contributed by atoms with Crippen LogP contribution >= 0.6 is 11.3 Å². The van der Waals surface area contributed by atoms with Gasteiger partial charge in [-0.1, -0.05) is 61.8 Å². The van der Waals surface area contributed by atoms with Crippen LogP contribution in [0.4, 0.5) is 5.69 Å². The molecule has 2 aromatic carbocycles. The Morgan fingerprint density at radius 2 is 1.90 bits per heavy atom. The Kier molecular flexibility index (Phi) is 8.81. The molecular formula is C33H42N2O4S. The number of rotatable bonds is 8. The van der Waals surface area contributed by atoms with Gasteiger partial charge in [-0.15, -0.1) is 0 Å². The Morgan fingerprint density at radius 3 is 2.58 bits per heavy atom. The smallest absolute Gasteiger partial charge is 0.273 e.